The van der Waals surface area contributed by atoms with Gasteiger partial charge in [0.05, 0.1) is 19.1 Å². The van der Waals surface area contributed by atoms with Crippen LogP contribution in [0.5, 0.6) is 11.5 Å². The van der Waals surface area contributed by atoms with Gasteiger partial charge in [-0.1, -0.05) is 23.8 Å². The van der Waals surface area contributed by atoms with Gasteiger partial charge in [-0.05, 0) is 37.6 Å². The monoisotopic (exact) mass is 418 g/mol. The van der Waals surface area contributed by atoms with Gasteiger partial charge in [0, 0.05) is 26.2 Å². The van der Waals surface area contributed by atoms with Crippen LogP contribution >= 0.6 is 0 Å². The molecule has 0 spiro atoms. The lowest BCUT2D eigenvalue weighted by Gasteiger charge is -2.34. The van der Waals surface area contributed by atoms with Crippen LogP contribution in [0.4, 0.5) is 0 Å². The Morgan fingerprint density at radius 1 is 0.931 bits per heavy atom. The number of piperazine rings is 1. The fraction of sp³-hybridized carbons (Fsp3) is 0.381. The molecule has 0 unspecified atom stereocenters. The van der Waals surface area contributed by atoms with E-state index >= 15 is 0 Å². The first-order chi connectivity index (χ1) is 13.8. The van der Waals surface area contributed by atoms with E-state index in [1.807, 2.05) is 13.0 Å². The van der Waals surface area contributed by atoms with Crippen molar-refractivity contribution in [2.45, 2.75) is 18.7 Å². The van der Waals surface area contributed by atoms with Crippen molar-refractivity contribution in [2.24, 2.45) is 0 Å². The SMILES string of the molecule is COc1cccc(OC)c1C(=O)N1CCN(S(=O)(=O)c2ccc(C)cc2C)CC1. The number of amides is 1. The van der Waals surface area contributed by atoms with Gasteiger partial charge in [-0.3, -0.25) is 4.79 Å². The van der Waals surface area contributed by atoms with Crippen LogP contribution in [-0.4, -0.2) is 63.9 Å². The Kier molecular flexibility index (Phi) is 6.14. The van der Waals surface area contributed by atoms with Crippen molar-refractivity contribution in [3.05, 3.63) is 53.1 Å². The molecule has 1 heterocycles. The second-order valence-electron chi connectivity index (χ2n) is 7.00. The molecule has 156 valence electrons. The number of hydrogen-bond donors (Lipinski definition) is 0. The summed E-state index contributed by atoms with van der Waals surface area (Å²) in [6.45, 7) is 4.79. The standard InChI is InChI=1S/C21H26N2O5S/c1-15-8-9-19(16(2)14-15)29(25,26)23-12-10-22(11-13-23)21(24)20-17(27-3)6-5-7-18(20)28-4/h5-9,14H,10-13H2,1-4H3. The largest absolute Gasteiger partial charge is 0.496 e. The smallest absolute Gasteiger partial charge is 0.261 e. The van der Waals surface area contributed by atoms with Gasteiger partial charge in [0.1, 0.15) is 17.1 Å². The predicted octanol–water partition coefficient (Wildman–Crippen LogP) is 2.47. The summed E-state index contributed by atoms with van der Waals surface area (Å²) in [4.78, 5) is 15.0. The number of methoxy groups -OCH3 is 2. The lowest BCUT2D eigenvalue weighted by atomic mass is 10.1. The van der Waals surface area contributed by atoms with Crippen LogP contribution < -0.4 is 9.47 Å². The van der Waals surface area contributed by atoms with Crippen LogP contribution in [0.2, 0.25) is 0 Å². The molecular weight excluding hydrogens is 392 g/mol. The van der Waals surface area contributed by atoms with Crippen molar-refractivity contribution in [3.63, 3.8) is 0 Å². The van der Waals surface area contributed by atoms with E-state index in [2.05, 4.69) is 0 Å². The Balaban J connectivity index is 1.78. The van der Waals surface area contributed by atoms with Gasteiger partial charge in [-0.15, -0.1) is 0 Å². The number of hydrogen-bond acceptors (Lipinski definition) is 5. The number of carbonyl (C=O) groups excluding carboxylic acids is 1. The molecule has 2 aromatic rings. The first kappa shape index (κ1) is 21.1. The van der Waals surface area contributed by atoms with Crippen LogP contribution in [0.1, 0.15) is 21.5 Å². The molecule has 0 atom stereocenters. The molecule has 0 radical (unpaired) electrons. The Morgan fingerprint density at radius 3 is 2.03 bits per heavy atom. The summed E-state index contributed by atoms with van der Waals surface area (Å²) in [6.07, 6.45) is 0. The Hall–Kier alpha value is -2.58. The second-order valence-corrected chi connectivity index (χ2v) is 8.91. The van der Waals surface area contributed by atoms with Gasteiger partial charge in [0.25, 0.3) is 5.91 Å². The average molecular weight is 419 g/mol. The quantitative estimate of drug-likeness (QED) is 0.746. The molecule has 1 aliphatic heterocycles. The van der Waals surface area contributed by atoms with Crippen LogP contribution in [0, 0.1) is 13.8 Å². The summed E-state index contributed by atoms with van der Waals surface area (Å²) in [5.74, 6) is 0.627. The summed E-state index contributed by atoms with van der Waals surface area (Å²) in [7, 11) is -0.603. The van der Waals surface area contributed by atoms with Gasteiger partial charge in [-0.25, -0.2) is 8.42 Å². The predicted molar refractivity (Wildman–Crippen MR) is 110 cm³/mol. The minimum Gasteiger partial charge on any atom is -0.496 e. The van der Waals surface area contributed by atoms with Crippen molar-refractivity contribution in [1.29, 1.82) is 0 Å². The lowest BCUT2D eigenvalue weighted by Crippen LogP contribution is -2.50. The molecule has 8 heteroatoms. The minimum atomic E-state index is -3.60. The maximum absolute atomic E-state index is 13.1. The van der Waals surface area contributed by atoms with E-state index in [9.17, 15) is 13.2 Å². The molecule has 0 bridgehead atoms. The Labute approximate surface area is 171 Å². The molecule has 1 saturated heterocycles. The van der Waals surface area contributed by atoms with Gasteiger partial charge in [-0.2, -0.15) is 4.31 Å². The Bertz CT molecular complexity index is 989. The van der Waals surface area contributed by atoms with Crippen LogP contribution in [-0.2, 0) is 10.0 Å². The molecule has 1 amide bonds. The molecule has 7 nitrogen and oxygen atoms in total. The van der Waals surface area contributed by atoms with Crippen LogP contribution in [0.3, 0.4) is 0 Å². The van der Waals surface area contributed by atoms with Gasteiger partial charge in [0.2, 0.25) is 10.0 Å². The third-order valence-corrected chi connectivity index (χ3v) is 7.17. The summed E-state index contributed by atoms with van der Waals surface area (Å²) in [5.41, 5.74) is 2.09. The van der Waals surface area contributed by atoms with E-state index in [4.69, 9.17) is 9.47 Å². The molecule has 0 aromatic heterocycles. The Morgan fingerprint density at radius 2 is 1.52 bits per heavy atom. The molecule has 1 aliphatic rings. The topological polar surface area (TPSA) is 76.2 Å². The summed E-state index contributed by atoms with van der Waals surface area (Å²) >= 11 is 0. The summed E-state index contributed by atoms with van der Waals surface area (Å²) in [5, 5.41) is 0. The fourth-order valence-electron chi connectivity index (χ4n) is 3.58. The number of aryl methyl sites for hydroxylation is 2. The van der Waals surface area contributed by atoms with Crippen LogP contribution in [0.15, 0.2) is 41.3 Å². The zero-order valence-corrected chi connectivity index (χ0v) is 18.0. The zero-order chi connectivity index (χ0) is 21.2. The lowest BCUT2D eigenvalue weighted by molar-refractivity contribution is 0.0691. The maximum atomic E-state index is 13.1. The van der Waals surface area contributed by atoms with Crippen LogP contribution in [0.25, 0.3) is 0 Å². The highest BCUT2D eigenvalue weighted by atomic mass is 32.2. The highest BCUT2D eigenvalue weighted by molar-refractivity contribution is 7.89. The molecule has 3 rings (SSSR count). The number of rotatable bonds is 5. The first-order valence-electron chi connectivity index (χ1n) is 9.37. The maximum Gasteiger partial charge on any atom is 0.261 e. The second kappa shape index (κ2) is 8.42. The molecule has 1 fully saturated rings. The molecule has 0 aliphatic carbocycles. The minimum absolute atomic E-state index is 0.233. The third-order valence-electron chi connectivity index (χ3n) is 5.12. The van der Waals surface area contributed by atoms with Gasteiger partial charge < -0.3 is 14.4 Å². The molecule has 0 saturated carbocycles. The number of ether oxygens (including phenoxy) is 2. The van der Waals surface area contributed by atoms with E-state index in [-0.39, 0.29) is 19.0 Å². The molecular formula is C21H26N2O5S. The van der Waals surface area contributed by atoms with Crippen molar-refractivity contribution >= 4 is 15.9 Å². The molecule has 2 aromatic carbocycles. The first-order valence-corrected chi connectivity index (χ1v) is 10.8. The van der Waals surface area contributed by atoms with E-state index in [1.54, 1.807) is 42.2 Å². The zero-order valence-electron chi connectivity index (χ0n) is 17.1. The number of benzene rings is 2. The number of carbonyl (C=O) groups is 1. The summed E-state index contributed by atoms with van der Waals surface area (Å²) in [6, 6.07) is 10.5. The number of sulfonamides is 1. The van der Waals surface area contributed by atoms with Gasteiger partial charge in [0.15, 0.2) is 0 Å². The number of nitrogens with zero attached hydrogens (tertiary/aromatic N) is 2. The van der Waals surface area contributed by atoms with Gasteiger partial charge >= 0.3 is 0 Å². The van der Waals surface area contributed by atoms with E-state index in [0.717, 1.165) is 11.1 Å². The van der Waals surface area contributed by atoms with Crippen molar-refractivity contribution in [3.8, 4) is 11.5 Å². The van der Waals surface area contributed by atoms with Crippen molar-refractivity contribution in [2.75, 3.05) is 40.4 Å². The molecule has 29 heavy (non-hydrogen) atoms. The van der Waals surface area contributed by atoms with Crippen molar-refractivity contribution in [1.82, 2.24) is 9.21 Å². The highest BCUT2D eigenvalue weighted by Gasteiger charge is 2.33. The van der Waals surface area contributed by atoms with E-state index < -0.39 is 10.0 Å². The molecule has 0 N–H and O–H groups in total. The normalized spacial score (nSPS) is 15.2. The van der Waals surface area contributed by atoms with Crippen molar-refractivity contribution < 1.29 is 22.7 Å². The fourth-order valence-corrected chi connectivity index (χ4v) is 5.21. The highest BCUT2D eigenvalue weighted by Crippen LogP contribution is 2.30. The van der Waals surface area contributed by atoms with E-state index in [0.29, 0.717) is 35.0 Å². The summed E-state index contributed by atoms with van der Waals surface area (Å²) < 4.78 is 38.2. The third kappa shape index (κ3) is 4.09. The average Bonchev–Trinajstić information content (AvgIpc) is 2.72. The van der Waals surface area contributed by atoms with E-state index in [1.165, 1.54) is 18.5 Å².